The van der Waals surface area contributed by atoms with Crippen molar-refractivity contribution in [2.45, 2.75) is 44.4 Å². The van der Waals surface area contributed by atoms with Crippen molar-refractivity contribution < 1.29 is 0 Å². The fourth-order valence-corrected chi connectivity index (χ4v) is 3.02. The maximum Gasteiger partial charge on any atom is 0.0149 e. The molecule has 0 spiro atoms. The van der Waals surface area contributed by atoms with E-state index in [0.717, 1.165) is 0 Å². The second-order valence-corrected chi connectivity index (χ2v) is 5.75. The number of alkyl halides is 1. The summed E-state index contributed by atoms with van der Waals surface area (Å²) in [7, 11) is 0. The molecular weight excluding hydrogens is 244 g/mol. The maximum atomic E-state index is 3.71. The highest BCUT2D eigenvalue weighted by molar-refractivity contribution is 9.09. The monoisotopic (exact) mass is 260 g/mol. The van der Waals surface area contributed by atoms with Crippen LogP contribution in [0.25, 0.3) is 0 Å². The van der Waals surface area contributed by atoms with Crippen molar-refractivity contribution in [3.8, 4) is 0 Å². The largest absolute Gasteiger partial charge is 0.149 e. The molecule has 0 aliphatic rings. The Balaban J connectivity index is 2.30. The summed E-state index contributed by atoms with van der Waals surface area (Å²) in [4.78, 5) is 2.26. The molecule has 0 amide bonds. The first-order chi connectivity index (χ1) is 6.24. The predicted molar refractivity (Wildman–Crippen MR) is 65.0 cm³/mol. The lowest BCUT2D eigenvalue weighted by molar-refractivity contribution is 0.696. The van der Waals surface area contributed by atoms with Crippen molar-refractivity contribution in [2.75, 3.05) is 0 Å². The van der Waals surface area contributed by atoms with E-state index >= 15 is 0 Å². The molecule has 13 heavy (non-hydrogen) atoms. The zero-order valence-corrected chi connectivity index (χ0v) is 10.7. The van der Waals surface area contributed by atoms with E-state index in [0.29, 0.717) is 4.83 Å². The van der Waals surface area contributed by atoms with Crippen LogP contribution in [0.3, 0.4) is 0 Å². The summed E-state index contributed by atoms with van der Waals surface area (Å²) in [6.07, 6.45) is 5.08. The lowest BCUT2D eigenvalue weighted by Crippen LogP contribution is -1.98. The second-order valence-electron chi connectivity index (χ2n) is 3.45. The van der Waals surface area contributed by atoms with E-state index in [9.17, 15) is 0 Å². The standard InChI is InChI=1S/C11H17BrS/c1-3-4-10(12)5-6-11-9(2)7-8-13-11/h7-8,10H,3-6H2,1-2H3. The number of hydrogen-bond acceptors (Lipinski definition) is 1. The summed E-state index contributed by atoms with van der Waals surface area (Å²) in [5.41, 5.74) is 1.46. The van der Waals surface area contributed by atoms with Gasteiger partial charge in [-0.25, -0.2) is 0 Å². The summed E-state index contributed by atoms with van der Waals surface area (Å²) in [6.45, 7) is 4.44. The van der Waals surface area contributed by atoms with Gasteiger partial charge in [-0.05, 0) is 43.2 Å². The van der Waals surface area contributed by atoms with Gasteiger partial charge in [0.25, 0.3) is 0 Å². The molecule has 0 aliphatic heterocycles. The summed E-state index contributed by atoms with van der Waals surface area (Å²) < 4.78 is 0. The van der Waals surface area contributed by atoms with Gasteiger partial charge in [-0.1, -0.05) is 29.3 Å². The number of halogens is 1. The van der Waals surface area contributed by atoms with Crippen LogP contribution in [0.5, 0.6) is 0 Å². The zero-order chi connectivity index (χ0) is 9.68. The fraction of sp³-hybridized carbons (Fsp3) is 0.636. The Morgan fingerprint density at radius 2 is 2.23 bits per heavy atom. The first-order valence-corrected chi connectivity index (χ1v) is 6.70. The summed E-state index contributed by atoms with van der Waals surface area (Å²) in [5, 5.41) is 2.19. The van der Waals surface area contributed by atoms with Crippen LogP contribution in [0.2, 0.25) is 0 Å². The third-order valence-electron chi connectivity index (χ3n) is 2.25. The highest BCUT2D eigenvalue weighted by Crippen LogP contribution is 2.21. The molecule has 0 bridgehead atoms. The van der Waals surface area contributed by atoms with Crippen LogP contribution in [0, 0.1) is 6.92 Å². The molecule has 1 aromatic rings. The predicted octanol–water partition coefficient (Wildman–Crippen LogP) is 4.55. The third kappa shape index (κ3) is 3.82. The van der Waals surface area contributed by atoms with E-state index in [1.807, 2.05) is 11.3 Å². The van der Waals surface area contributed by atoms with Gasteiger partial charge in [-0.2, -0.15) is 0 Å². The summed E-state index contributed by atoms with van der Waals surface area (Å²) in [5.74, 6) is 0. The minimum Gasteiger partial charge on any atom is -0.149 e. The molecule has 1 rings (SSSR count). The molecule has 0 nitrogen and oxygen atoms in total. The van der Waals surface area contributed by atoms with Crippen LogP contribution in [-0.2, 0) is 6.42 Å². The molecule has 0 saturated heterocycles. The van der Waals surface area contributed by atoms with E-state index in [2.05, 4.69) is 41.2 Å². The lowest BCUT2D eigenvalue weighted by Gasteiger charge is -2.06. The van der Waals surface area contributed by atoms with E-state index in [4.69, 9.17) is 0 Å². The van der Waals surface area contributed by atoms with Gasteiger partial charge in [0.05, 0.1) is 0 Å². The first-order valence-electron chi connectivity index (χ1n) is 4.91. The molecule has 1 aromatic heterocycles. The smallest absolute Gasteiger partial charge is 0.0149 e. The Bertz CT molecular complexity index is 242. The number of hydrogen-bond donors (Lipinski definition) is 0. The Kier molecular flexibility index (Phi) is 5.04. The zero-order valence-electron chi connectivity index (χ0n) is 8.35. The van der Waals surface area contributed by atoms with Gasteiger partial charge in [-0.3, -0.25) is 0 Å². The lowest BCUT2D eigenvalue weighted by atomic mass is 10.1. The van der Waals surface area contributed by atoms with Crippen molar-refractivity contribution in [2.24, 2.45) is 0 Å². The quantitative estimate of drug-likeness (QED) is 0.682. The van der Waals surface area contributed by atoms with Crippen LogP contribution in [-0.4, -0.2) is 4.83 Å². The Morgan fingerprint density at radius 3 is 2.77 bits per heavy atom. The van der Waals surface area contributed by atoms with Crippen LogP contribution in [0.15, 0.2) is 11.4 Å². The average molecular weight is 261 g/mol. The van der Waals surface area contributed by atoms with Crippen LogP contribution >= 0.6 is 27.3 Å². The SMILES string of the molecule is CCCC(Br)CCc1sccc1C. The molecule has 2 heteroatoms. The second kappa shape index (κ2) is 5.82. The van der Waals surface area contributed by atoms with E-state index in [1.165, 1.54) is 31.2 Å². The normalized spacial score (nSPS) is 13.2. The molecular formula is C11H17BrS. The Hall–Kier alpha value is 0.180. The molecule has 0 aromatic carbocycles. The molecule has 0 fully saturated rings. The highest BCUT2D eigenvalue weighted by Gasteiger charge is 2.05. The van der Waals surface area contributed by atoms with Crippen molar-refractivity contribution in [1.82, 2.24) is 0 Å². The van der Waals surface area contributed by atoms with E-state index in [1.54, 1.807) is 4.88 Å². The van der Waals surface area contributed by atoms with Gasteiger partial charge < -0.3 is 0 Å². The van der Waals surface area contributed by atoms with Gasteiger partial charge in [0.15, 0.2) is 0 Å². The van der Waals surface area contributed by atoms with Crippen LogP contribution in [0.4, 0.5) is 0 Å². The molecule has 1 atom stereocenters. The average Bonchev–Trinajstić information content (AvgIpc) is 2.48. The van der Waals surface area contributed by atoms with Gasteiger partial charge in [0, 0.05) is 9.70 Å². The van der Waals surface area contributed by atoms with Crippen molar-refractivity contribution in [1.29, 1.82) is 0 Å². The van der Waals surface area contributed by atoms with Crippen LogP contribution < -0.4 is 0 Å². The molecule has 0 saturated carbocycles. The fourth-order valence-electron chi connectivity index (χ4n) is 1.41. The van der Waals surface area contributed by atoms with E-state index in [-0.39, 0.29) is 0 Å². The van der Waals surface area contributed by atoms with Crippen molar-refractivity contribution in [3.63, 3.8) is 0 Å². The number of thiophene rings is 1. The minimum absolute atomic E-state index is 0.707. The van der Waals surface area contributed by atoms with Gasteiger partial charge in [0.1, 0.15) is 0 Å². The molecule has 0 radical (unpaired) electrons. The summed E-state index contributed by atoms with van der Waals surface area (Å²) in [6, 6.07) is 2.21. The molecule has 0 N–H and O–H groups in total. The van der Waals surface area contributed by atoms with Gasteiger partial charge in [0.2, 0.25) is 0 Å². The van der Waals surface area contributed by atoms with Crippen molar-refractivity contribution >= 4 is 27.3 Å². The highest BCUT2D eigenvalue weighted by atomic mass is 79.9. The minimum atomic E-state index is 0.707. The molecule has 1 unspecified atom stereocenters. The summed E-state index contributed by atoms with van der Waals surface area (Å²) >= 11 is 5.60. The number of aryl methyl sites for hydroxylation is 2. The topological polar surface area (TPSA) is 0 Å². The third-order valence-corrected chi connectivity index (χ3v) is 4.25. The Labute approximate surface area is 93.5 Å². The maximum absolute atomic E-state index is 3.71. The van der Waals surface area contributed by atoms with Crippen molar-refractivity contribution in [3.05, 3.63) is 21.9 Å². The Morgan fingerprint density at radius 1 is 1.46 bits per heavy atom. The molecule has 74 valence electrons. The molecule has 0 aliphatic carbocycles. The number of rotatable bonds is 5. The van der Waals surface area contributed by atoms with Gasteiger partial charge in [-0.15, -0.1) is 11.3 Å². The van der Waals surface area contributed by atoms with Gasteiger partial charge >= 0.3 is 0 Å². The molecule has 1 heterocycles. The van der Waals surface area contributed by atoms with E-state index < -0.39 is 0 Å². The van der Waals surface area contributed by atoms with Crippen LogP contribution in [0.1, 0.15) is 36.6 Å². The first kappa shape index (κ1) is 11.3.